The van der Waals surface area contributed by atoms with E-state index in [1.807, 2.05) is 0 Å². The molecule has 0 N–H and O–H groups in total. The summed E-state index contributed by atoms with van der Waals surface area (Å²) >= 11 is 33.7. The summed E-state index contributed by atoms with van der Waals surface area (Å²) in [5.41, 5.74) is 11.3. The van der Waals surface area contributed by atoms with E-state index in [1.54, 1.807) is 0 Å². The van der Waals surface area contributed by atoms with Crippen molar-refractivity contribution < 1.29 is 0 Å². The molecule has 0 fully saturated rings. The number of hydrogen-bond donors (Lipinski definition) is 0. The summed E-state index contributed by atoms with van der Waals surface area (Å²) in [5, 5.41) is 6.09. The fourth-order valence-corrected chi connectivity index (χ4v) is 16.0. The highest BCUT2D eigenvalue weighted by atomic mass is 35.5. The van der Waals surface area contributed by atoms with Gasteiger partial charge in [-0.05, 0) is 91.7 Å². The summed E-state index contributed by atoms with van der Waals surface area (Å²) in [4.78, 5) is 0. The fraction of sp³-hybridized carbons (Fsp3) is 0.0882. The number of halogens is 4. The summed E-state index contributed by atoms with van der Waals surface area (Å²) < 4.78 is 0. The molecule has 0 amide bonds. The van der Waals surface area contributed by atoms with E-state index in [2.05, 4.69) is 257 Å². The lowest BCUT2D eigenvalue weighted by Crippen LogP contribution is -2.61. The Morgan fingerprint density at radius 2 is 0.333 bits per heavy atom. The Morgan fingerprint density at radius 3 is 0.458 bits per heavy atom. The summed E-state index contributed by atoms with van der Waals surface area (Å²) in [5.74, 6) is 0. The van der Waals surface area contributed by atoms with Crippen molar-refractivity contribution in [2.45, 2.75) is 35.5 Å². The van der Waals surface area contributed by atoms with Gasteiger partial charge in [0.2, 0.25) is 0 Å². The lowest BCUT2D eigenvalue weighted by Gasteiger charge is -2.63. The predicted molar refractivity (Wildman–Crippen MR) is 302 cm³/mol. The monoisotopic (exact) mass is 1000 g/mol. The Bertz CT molecular complexity index is 3210. The van der Waals surface area contributed by atoms with E-state index in [1.165, 1.54) is 0 Å². The first-order valence-corrected chi connectivity index (χ1v) is 26.1. The van der Waals surface area contributed by atoms with Crippen LogP contribution in [0.15, 0.2) is 243 Å². The van der Waals surface area contributed by atoms with Gasteiger partial charge in [0.15, 0.2) is 0 Å². The van der Waals surface area contributed by atoms with Gasteiger partial charge >= 0.3 is 0 Å². The first-order valence-electron chi connectivity index (χ1n) is 24.5. The largest absolute Gasteiger partial charge is 0.0833 e. The van der Waals surface area contributed by atoms with Crippen molar-refractivity contribution in [2.24, 2.45) is 0 Å². The molecule has 2 aliphatic rings. The summed E-state index contributed by atoms with van der Waals surface area (Å²) in [6.45, 7) is 4.32. The molecule has 72 heavy (non-hydrogen) atoms. The Labute approximate surface area is 441 Å². The van der Waals surface area contributed by atoms with Crippen LogP contribution in [0, 0.1) is 13.8 Å². The molecule has 0 nitrogen and oxygen atoms in total. The Hall–Kier alpha value is -6.90. The zero-order valence-corrected chi connectivity index (χ0v) is 42.6. The number of benzene rings is 11. The topological polar surface area (TPSA) is 0 Å². The van der Waals surface area contributed by atoms with Crippen LogP contribution in [0.4, 0.5) is 0 Å². The molecule has 0 spiro atoms. The van der Waals surface area contributed by atoms with E-state index >= 15 is 0 Å². The predicted octanol–water partition coefficient (Wildman–Crippen LogP) is 18.6. The van der Waals surface area contributed by atoms with Crippen LogP contribution in [0.25, 0.3) is 21.5 Å². The number of rotatable bonds is 8. The van der Waals surface area contributed by atoms with Crippen LogP contribution in [0.3, 0.4) is 0 Å². The standard InChI is InChI=1S/C68H46Cl4/c1-43-53-55(63(71)59-57(61(53)69)65(45-27-11-3-12-28-45,46-29-13-4-14-30-46)67(59,49-35-19-7-20-36-49)50-37-21-8-22-38-50)44(2)56-54(43)62(70)58-60(64(56)72)68(51-39-23-9-24-40-51,52-41-25-10-26-42-52)66(58,47-31-15-5-16-32-47)48-33-17-6-18-34-48/h3-42H,1-2H3. The summed E-state index contributed by atoms with van der Waals surface area (Å²) in [6, 6.07) is 86.8. The van der Waals surface area contributed by atoms with Gasteiger partial charge in [-0.25, -0.2) is 0 Å². The van der Waals surface area contributed by atoms with E-state index in [0.29, 0.717) is 20.1 Å². The van der Waals surface area contributed by atoms with Crippen molar-refractivity contribution in [3.63, 3.8) is 0 Å². The molecule has 0 saturated carbocycles. The molecule has 0 unspecified atom stereocenters. The molecular weight excluding hydrogens is 959 g/mol. The third-order valence-corrected chi connectivity index (χ3v) is 18.0. The number of hydrogen-bond acceptors (Lipinski definition) is 0. The van der Waals surface area contributed by atoms with Crippen LogP contribution < -0.4 is 0 Å². The minimum atomic E-state index is -0.847. The van der Waals surface area contributed by atoms with Crippen molar-refractivity contribution in [1.29, 1.82) is 0 Å². The first-order chi connectivity index (χ1) is 35.3. The van der Waals surface area contributed by atoms with Crippen molar-refractivity contribution in [3.05, 3.63) is 341 Å². The lowest BCUT2D eigenvalue weighted by molar-refractivity contribution is 0.353. The highest BCUT2D eigenvalue weighted by Crippen LogP contribution is 2.75. The van der Waals surface area contributed by atoms with Crippen LogP contribution in [0.1, 0.15) is 77.9 Å². The first kappa shape index (κ1) is 45.0. The zero-order chi connectivity index (χ0) is 49.0. The van der Waals surface area contributed by atoms with Gasteiger partial charge < -0.3 is 0 Å². The van der Waals surface area contributed by atoms with Gasteiger partial charge in [-0.3, -0.25) is 0 Å². The van der Waals surface area contributed by atoms with Gasteiger partial charge in [-0.1, -0.05) is 289 Å². The second kappa shape index (κ2) is 16.8. The number of aryl methyl sites for hydroxylation is 2. The normalized spacial score (nSPS) is 15.5. The second-order valence-corrected chi connectivity index (χ2v) is 20.9. The van der Waals surface area contributed by atoms with E-state index in [0.717, 1.165) is 99.4 Å². The van der Waals surface area contributed by atoms with E-state index in [4.69, 9.17) is 46.4 Å². The van der Waals surface area contributed by atoms with Gasteiger partial charge in [0.05, 0.1) is 41.8 Å². The summed E-state index contributed by atoms with van der Waals surface area (Å²) in [7, 11) is 0. The Kier molecular flexibility index (Phi) is 10.5. The number of fused-ring (bicyclic) bond motifs is 4. The van der Waals surface area contributed by atoms with Gasteiger partial charge in [0, 0.05) is 21.5 Å². The smallest absolute Gasteiger partial charge is 0.0648 e. The van der Waals surface area contributed by atoms with E-state index in [-0.39, 0.29) is 0 Å². The molecule has 0 atom stereocenters. The van der Waals surface area contributed by atoms with Crippen molar-refractivity contribution >= 4 is 67.9 Å². The van der Waals surface area contributed by atoms with Crippen molar-refractivity contribution in [1.82, 2.24) is 0 Å². The van der Waals surface area contributed by atoms with Crippen LogP contribution in [-0.2, 0) is 21.7 Å². The minimum absolute atomic E-state index is 0.650. The average Bonchev–Trinajstić information content (AvgIpc) is 3.42. The molecule has 0 aliphatic heterocycles. The molecule has 0 radical (unpaired) electrons. The minimum Gasteiger partial charge on any atom is -0.0833 e. The fourth-order valence-electron chi connectivity index (χ4n) is 14.1. The van der Waals surface area contributed by atoms with Crippen LogP contribution >= 0.6 is 46.4 Å². The molecule has 346 valence electrons. The molecule has 4 heteroatoms. The van der Waals surface area contributed by atoms with Crippen LogP contribution in [-0.4, -0.2) is 0 Å². The molecule has 0 saturated heterocycles. The molecule has 2 aliphatic carbocycles. The molecule has 13 rings (SSSR count). The highest BCUT2D eigenvalue weighted by Gasteiger charge is 2.70. The summed E-state index contributed by atoms with van der Waals surface area (Å²) in [6.07, 6.45) is 0. The maximum atomic E-state index is 8.41. The average molecular weight is 1000 g/mol. The Balaban J connectivity index is 1.26. The van der Waals surface area contributed by atoms with Crippen molar-refractivity contribution in [2.75, 3.05) is 0 Å². The van der Waals surface area contributed by atoms with E-state index < -0.39 is 21.7 Å². The Morgan fingerprint density at radius 1 is 0.208 bits per heavy atom. The van der Waals surface area contributed by atoms with Gasteiger partial charge in [0.25, 0.3) is 0 Å². The third-order valence-electron chi connectivity index (χ3n) is 16.5. The SMILES string of the molecule is Cc1c2c(Cl)c3c(c(Cl)c2c(C)c2c(Cl)c4c(c(Cl)c12)C(c1ccccc1)(c1ccccc1)C4(c1ccccc1)c1ccccc1)C(c1ccccc1)(c1ccccc1)C3(c1ccccc1)c1ccccc1. The second-order valence-electron chi connectivity index (χ2n) is 19.4. The van der Waals surface area contributed by atoms with Gasteiger partial charge in [-0.2, -0.15) is 0 Å². The highest BCUT2D eigenvalue weighted by molar-refractivity contribution is 6.48. The molecule has 0 heterocycles. The van der Waals surface area contributed by atoms with Crippen LogP contribution in [0.5, 0.6) is 0 Å². The molecule has 0 bridgehead atoms. The maximum Gasteiger partial charge on any atom is 0.0648 e. The quantitative estimate of drug-likeness (QED) is 0.133. The van der Waals surface area contributed by atoms with E-state index in [9.17, 15) is 0 Å². The van der Waals surface area contributed by atoms with Crippen molar-refractivity contribution in [3.8, 4) is 0 Å². The molecule has 11 aromatic rings. The maximum absolute atomic E-state index is 8.41. The van der Waals surface area contributed by atoms with Gasteiger partial charge in [0.1, 0.15) is 0 Å². The molecule has 0 aromatic heterocycles. The van der Waals surface area contributed by atoms with Crippen LogP contribution in [0.2, 0.25) is 20.1 Å². The van der Waals surface area contributed by atoms with Gasteiger partial charge in [-0.15, -0.1) is 0 Å². The molecular formula is C68H46Cl4. The molecule has 11 aromatic carbocycles. The third kappa shape index (κ3) is 5.46. The zero-order valence-electron chi connectivity index (χ0n) is 39.6. The lowest BCUT2D eigenvalue weighted by atomic mass is 9.38.